The van der Waals surface area contributed by atoms with Crippen molar-refractivity contribution in [3.05, 3.63) is 0 Å². The quantitative estimate of drug-likeness (QED) is 0.673. The Balaban J connectivity index is 4.21. The van der Waals surface area contributed by atoms with E-state index in [-0.39, 0.29) is 11.7 Å². The van der Waals surface area contributed by atoms with Crippen LogP contribution in [0.1, 0.15) is 48.0 Å². The molecule has 0 unspecified atom stereocenters. The highest BCUT2D eigenvalue weighted by Gasteiger charge is 2.30. The highest BCUT2D eigenvalue weighted by atomic mass is 16.5. The van der Waals surface area contributed by atoms with Crippen molar-refractivity contribution in [2.75, 3.05) is 13.2 Å². The third-order valence-corrected chi connectivity index (χ3v) is 2.67. The number of carbonyl (C=O) groups excluding carboxylic acids is 1. The third kappa shape index (κ3) is 8.12. The Kier molecular flexibility index (Phi) is 7.16. The fraction of sp³-hybridized carbons (Fsp3) is 0.857. The number of carbonyl (C=O) groups is 2. The Morgan fingerprint density at radius 2 is 1.75 bits per heavy atom. The molecule has 20 heavy (non-hydrogen) atoms. The van der Waals surface area contributed by atoms with Crippen molar-refractivity contribution in [2.24, 2.45) is 0 Å². The minimum Gasteiger partial charge on any atom is -0.480 e. The van der Waals surface area contributed by atoms with Gasteiger partial charge in [-0.3, -0.25) is 9.59 Å². The van der Waals surface area contributed by atoms with Crippen LogP contribution in [-0.4, -0.2) is 47.4 Å². The van der Waals surface area contributed by atoms with Crippen molar-refractivity contribution in [1.82, 2.24) is 5.32 Å². The van der Waals surface area contributed by atoms with E-state index < -0.39 is 24.0 Å². The van der Waals surface area contributed by atoms with E-state index in [1.807, 2.05) is 27.7 Å². The topological polar surface area (TPSA) is 84.9 Å². The summed E-state index contributed by atoms with van der Waals surface area (Å²) in [5.41, 5.74) is -1.40. The molecule has 0 atom stereocenters. The van der Waals surface area contributed by atoms with Crippen LogP contribution in [0.4, 0.5) is 0 Å². The van der Waals surface area contributed by atoms with E-state index in [0.717, 1.165) is 0 Å². The molecule has 0 aliphatic carbocycles. The van der Waals surface area contributed by atoms with Crippen molar-refractivity contribution in [1.29, 1.82) is 0 Å². The summed E-state index contributed by atoms with van der Waals surface area (Å²) < 4.78 is 11.3. The van der Waals surface area contributed by atoms with Crippen LogP contribution >= 0.6 is 0 Å². The van der Waals surface area contributed by atoms with Crippen LogP contribution in [-0.2, 0) is 19.1 Å². The van der Waals surface area contributed by atoms with Gasteiger partial charge in [0.15, 0.2) is 0 Å². The number of carboxylic acid groups (broad SMARTS) is 1. The fourth-order valence-electron chi connectivity index (χ4n) is 1.68. The zero-order chi connectivity index (χ0) is 16.0. The molecule has 0 fully saturated rings. The lowest BCUT2D eigenvalue weighted by Crippen LogP contribution is -2.46. The number of ether oxygens (including phenoxy) is 2. The van der Waals surface area contributed by atoms with E-state index in [0.29, 0.717) is 13.0 Å². The first-order valence-corrected chi connectivity index (χ1v) is 6.78. The number of aliphatic carboxylic acids is 1. The Hall–Kier alpha value is -1.14. The standard InChI is InChI=1S/C14H27NO5/c1-10(2)20-13(3,4)7-8-19-14(5,6)12(18)15-9-11(16)17/h10H,7-9H2,1-6H3,(H,15,18)(H,16,17). The molecule has 2 N–H and O–H groups in total. The van der Waals surface area contributed by atoms with Gasteiger partial charge >= 0.3 is 5.97 Å². The molecule has 0 aliphatic rings. The zero-order valence-corrected chi connectivity index (χ0v) is 13.3. The van der Waals surface area contributed by atoms with Gasteiger partial charge in [-0.25, -0.2) is 0 Å². The largest absolute Gasteiger partial charge is 0.480 e. The van der Waals surface area contributed by atoms with Gasteiger partial charge in [0.2, 0.25) is 0 Å². The predicted octanol–water partition coefficient (Wildman–Crippen LogP) is 1.58. The van der Waals surface area contributed by atoms with E-state index in [4.69, 9.17) is 14.6 Å². The lowest BCUT2D eigenvalue weighted by atomic mass is 10.0. The lowest BCUT2D eigenvalue weighted by molar-refractivity contribution is -0.149. The van der Waals surface area contributed by atoms with E-state index >= 15 is 0 Å². The molecule has 118 valence electrons. The van der Waals surface area contributed by atoms with Crippen LogP contribution < -0.4 is 5.32 Å². The third-order valence-electron chi connectivity index (χ3n) is 2.67. The Morgan fingerprint density at radius 3 is 2.20 bits per heavy atom. The van der Waals surface area contributed by atoms with Gasteiger partial charge in [0.25, 0.3) is 5.91 Å². The molecule has 0 saturated carbocycles. The molecule has 0 aromatic heterocycles. The molecule has 0 bridgehead atoms. The van der Waals surface area contributed by atoms with Gasteiger partial charge in [-0.15, -0.1) is 0 Å². The molecule has 0 radical (unpaired) electrons. The van der Waals surface area contributed by atoms with Gasteiger partial charge in [0, 0.05) is 0 Å². The average molecular weight is 289 g/mol. The maximum atomic E-state index is 11.8. The summed E-state index contributed by atoms with van der Waals surface area (Å²) in [4.78, 5) is 22.2. The van der Waals surface area contributed by atoms with Crippen molar-refractivity contribution < 1.29 is 24.2 Å². The first-order chi connectivity index (χ1) is 8.96. The molecular formula is C14H27NO5. The van der Waals surface area contributed by atoms with Crippen molar-refractivity contribution in [3.8, 4) is 0 Å². The second kappa shape index (κ2) is 7.59. The van der Waals surface area contributed by atoms with Crippen LogP contribution in [0.5, 0.6) is 0 Å². The molecule has 0 aromatic rings. The van der Waals surface area contributed by atoms with Crippen LogP contribution in [0.2, 0.25) is 0 Å². The Bertz CT molecular complexity index is 336. The average Bonchev–Trinajstić information content (AvgIpc) is 2.22. The summed E-state index contributed by atoms with van der Waals surface area (Å²) in [7, 11) is 0. The summed E-state index contributed by atoms with van der Waals surface area (Å²) in [6.45, 7) is 11.0. The molecule has 0 aromatic carbocycles. The van der Waals surface area contributed by atoms with E-state index in [9.17, 15) is 9.59 Å². The van der Waals surface area contributed by atoms with Crippen LogP contribution in [0.25, 0.3) is 0 Å². The van der Waals surface area contributed by atoms with E-state index in [2.05, 4.69) is 5.32 Å². The Morgan fingerprint density at radius 1 is 1.20 bits per heavy atom. The number of nitrogens with one attached hydrogen (secondary N) is 1. The van der Waals surface area contributed by atoms with Gasteiger partial charge in [-0.05, 0) is 48.0 Å². The lowest BCUT2D eigenvalue weighted by Gasteiger charge is -2.30. The van der Waals surface area contributed by atoms with Crippen LogP contribution in [0, 0.1) is 0 Å². The molecule has 0 spiro atoms. The second-order valence-corrected chi connectivity index (χ2v) is 6.11. The summed E-state index contributed by atoms with van der Waals surface area (Å²) >= 11 is 0. The number of rotatable bonds is 9. The maximum Gasteiger partial charge on any atom is 0.322 e. The minimum atomic E-state index is -1.08. The number of hydrogen-bond acceptors (Lipinski definition) is 4. The molecule has 1 amide bonds. The first kappa shape index (κ1) is 18.9. The summed E-state index contributed by atoms with van der Waals surface area (Å²) in [6, 6.07) is 0. The van der Waals surface area contributed by atoms with Gasteiger partial charge in [-0.2, -0.15) is 0 Å². The monoisotopic (exact) mass is 289 g/mol. The van der Waals surface area contributed by atoms with E-state index in [1.54, 1.807) is 13.8 Å². The smallest absolute Gasteiger partial charge is 0.322 e. The minimum absolute atomic E-state index is 0.122. The highest BCUT2D eigenvalue weighted by molar-refractivity contribution is 5.87. The van der Waals surface area contributed by atoms with Crippen molar-refractivity contribution >= 4 is 11.9 Å². The first-order valence-electron chi connectivity index (χ1n) is 6.78. The predicted molar refractivity (Wildman–Crippen MR) is 75.6 cm³/mol. The molecule has 0 rings (SSSR count). The zero-order valence-electron chi connectivity index (χ0n) is 13.3. The summed E-state index contributed by atoms with van der Waals surface area (Å²) in [6.07, 6.45) is 0.762. The Labute approximate surface area is 120 Å². The molecule has 0 saturated heterocycles. The highest BCUT2D eigenvalue weighted by Crippen LogP contribution is 2.19. The molecule has 0 aliphatic heterocycles. The number of hydrogen-bond donors (Lipinski definition) is 2. The SMILES string of the molecule is CC(C)OC(C)(C)CCOC(C)(C)C(=O)NCC(=O)O. The summed E-state index contributed by atoms with van der Waals surface area (Å²) in [5.74, 6) is -1.52. The maximum absolute atomic E-state index is 11.8. The van der Waals surface area contributed by atoms with Crippen LogP contribution in [0.15, 0.2) is 0 Å². The van der Waals surface area contributed by atoms with Gasteiger partial charge in [-0.1, -0.05) is 0 Å². The van der Waals surface area contributed by atoms with E-state index in [1.165, 1.54) is 0 Å². The number of carboxylic acids is 1. The number of amides is 1. The second-order valence-electron chi connectivity index (χ2n) is 6.11. The van der Waals surface area contributed by atoms with Gasteiger partial charge in [0.05, 0.1) is 18.3 Å². The molecule has 6 heteroatoms. The fourth-order valence-corrected chi connectivity index (χ4v) is 1.68. The van der Waals surface area contributed by atoms with Crippen molar-refractivity contribution in [2.45, 2.75) is 65.3 Å². The molecular weight excluding hydrogens is 262 g/mol. The van der Waals surface area contributed by atoms with Crippen LogP contribution in [0.3, 0.4) is 0 Å². The molecule has 6 nitrogen and oxygen atoms in total. The van der Waals surface area contributed by atoms with Crippen molar-refractivity contribution in [3.63, 3.8) is 0 Å². The molecule has 0 heterocycles. The van der Waals surface area contributed by atoms with Gasteiger partial charge in [0.1, 0.15) is 12.1 Å². The summed E-state index contributed by atoms with van der Waals surface area (Å²) in [5, 5.41) is 10.8. The normalized spacial score (nSPS) is 12.6. The van der Waals surface area contributed by atoms with Gasteiger partial charge < -0.3 is 19.9 Å².